The lowest BCUT2D eigenvalue weighted by Crippen LogP contribution is -1.98. The Morgan fingerprint density at radius 2 is 2.12 bits per heavy atom. The van der Waals surface area contributed by atoms with Crippen molar-refractivity contribution in [2.75, 3.05) is 0 Å². The average Bonchev–Trinajstić information content (AvgIpc) is 2.94. The molecule has 1 aromatic carbocycles. The third-order valence-electron chi connectivity index (χ3n) is 3.11. The van der Waals surface area contributed by atoms with Crippen molar-refractivity contribution in [1.29, 1.82) is 0 Å². The Kier molecular flexibility index (Phi) is 2.73. The molecule has 0 aliphatic rings. The molecule has 0 bridgehead atoms. The maximum Gasteiger partial charge on any atom is 0.0483 e. The molecule has 1 nitrogen and oxygen atoms in total. The van der Waals surface area contributed by atoms with Crippen molar-refractivity contribution < 1.29 is 0 Å². The van der Waals surface area contributed by atoms with E-state index in [4.69, 9.17) is 0 Å². The molecular weight excluding hydrogens is 226 g/mol. The van der Waals surface area contributed by atoms with Gasteiger partial charge in [0.25, 0.3) is 0 Å². The molecule has 0 amide bonds. The summed E-state index contributed by atoms with van der Waals surface area (Å²) < 4.78 is 2.35. The van der Waals surface area contributed by atoms with E-state index < -0.39 is 0 Å². The molecule has 2 heterocycles. The molecule has 17 heavy (non-hydrogen) atoms. The minimum atomic E-state index is 1.06. The molecular formula is C15H15NS. The molecule has 0 saturated heterocycles. The molecule has 0 unspecified atom stereocenters. The number of thiophene rings is 1. The van der Waals surface area contributed by atoms with Crippen LogP contribution in [0.25, 0.3) is 10.9 Å². The van der Waals surface area contributed by atoms with Crippen molar-refractivity contribution in [3.05, 3.63) is 58.4 Å². The largest absolute Gasteiger partial charge is 0.347 e. The number of rotatable bonds is 3. The first-order valence-corrected chi connectivity index (χ1v) is 6.79. The van der Waals surface area contributed by atoms with Gasteiger partial charge >= 0.3 is 0 Å². The fourth-order valence-corrected chi connectivity index (χ4v) is 2.87. The van der Waals surface area contributed by atoms with Gasteiger partial charge in [0.15, 0.2) is 0 Å². The normalized spacial score (nSPS) is 11.1. The summed E-state index contributed by atoms with van der Waals surface area (Å²) in [6.07, 6.45) is 3.31. The molecule has 3 rings (SSSR count). The topological polar surface area (TPSA) is 4.93 Å². The second kappa shape index (κ2) is 4.38. The zero-order valence-electron chi connectivity index (χ0n) is 9.89. The lowest BCUT2D eigenvalue weighted by molar-refractivity contribution is 0.729. The second-order valence-electron chi connectivity index (χ2n) is 4.40. The van der Waals surface area contributed by atoms with Gasteiger partial charge in [0, 0.05) is 23.1 Å². The van der Waals surface area contributed by atoms with E-state index in [1.165, 1.54) is 21.3 Å². The van der Waals surface area contributed by atoms with Gasteiger partial charge in [-0.25, -0.2) is 0 Å². The molecule has 2 aromatic heterocycles. The van der Waals surface area contributed by atoms with E-state index in [-0.39, 0.29) is 0 Å². The van der Waals surface area contributed by atoms with Crippen LogP contribution in [0.5, 0.6) is 0 Å². The Balaban J connectivity index is 1.87. The molecule has 86 valence electrons. The van der Waals surface area contributed by atoms with Gasteiger partial charge in [0.2, 0.25) is 0 Å². The number of aryl methyl sites for hydroxylation is 3. The van der Waals surface area contributed by atoms with Gasteiger partial charge in [-0.2, -0.15) is 0 Å². The first-order valence-electron chi connectivity index (χ1n) is 5.91. The minimum Gasteiger partial charge on any atom is -0.347 e. The van der Waals surface area contributed by atoms with E-state index in [0.717, 1.165) is 13.0 Å². The smallest absolute Gasteiger partial charge is 0.0483 e. The SMILES string of the molecule is Cc1ccc2ccn(CCc3cccs3)c2c1. The predicted octanol–water partition coefficient (Wildman–Crippen LogP) is 4.25. The van der Waals surface area contributed by atoms with Crippen molar-refractivity contribution >= 4 is 22.2 Å². The number of hydrogen-bond donors (Lipinski definition) is 0. The second-order valence-corrected chi connectivity index (χ2v) is 5.43. The molecule has 2 heteroatoms. The average molecular weight is 241 g/mol. The van der Waals surface area contributed by atoms with E-state index in [1.807, 2.05) is 11.3 Å². The molecule has 0 N–H and O–H groups in total. The molecule has 3 aromatic rings. The van der Waals surface area contributed by atoms with Crippen LogP contribution in [0.4, 0.5) is 0 Å². The van der Waals surface area contributed by atoms with E-state index in [2.05, 4.69) is 59.5 Å². The quantitative estimate of drug-likeness (QED) is 0.646. The van der Waals surface area contributed by atoms with Crippen LogP contribution in [-0.2, 0) is 13.0 Å². The molecule has 0 spiro atoms. The van der Waals surface area contributed by atoms with Gasteiger partial charge in [0.05, 0.1) is 0 Å². The van der Waals surface area contributed by atoms with Crippen LogP contribution in [0, 0.1) is 6.92 Å². The number of hydrogen-bond acceptors (Lipinski definition) is 1. The van der Waals surface area contributed by atoms with Crippen LogP contribution in [0.1, 0.15) is 10.4 Å². The van der Waals surface area contributed by atoms with Crippen LogP contribution in [0.2, 0.25) is 0 Å². The van der Waals surface area contributed by atoms with Crippen LogP contribution in [0.15, 0.2) is 48.0 Å². The first kappa shape index (κ1) is 10.6. The van der Waals surface area contributed by atoms with Crippen LogP contribution in [0.3, 0.4) is 0 Å². The van der Waals surface area contributed by atoms with E-state index in [0.29, 0.717) is 0 Å². The fourth-order valence-electron chi connectivity index (χ4n) is 2.17. The zero-order chi connectivity index (χ0) is 11.7. The Labute approximate surface area is 105 Å². The summed E-state index contributed by atoms with van der Waals surface area (Å²) in [6.45, 7) is 3.21. The molecule has 0 saturated carbocycles. The Bertz CT molecular complexity index is 619. The summed E-state index contributed by atoms with van der Waals surface area (Å²) in [7, 11) is 0. The van der Waals surface area contributed by atoms with Crippen molar-refractivity contribution in [3.8, 4) is 0 Å². The Morgan fingerprint density at radius 3 is 2.94 bits per heavy atom. The summed E-state index contributed by atoms with van der Waals surface area (Å²) in [5.41, 5.74) is 2.68. The van der Waals surface area contributed by atoms with Crippen LogP contribution in [-0.4, -0.2) is 4.57 Å². The highest BCUT2D eigenvalue weighted by atomic mass is 32.1. The summed E-state index contributed by atoms with van der Waals surface area (Å²) in [4.78, 5) is 1.46. The fraction of sp³-hybridized carbons (Fsp3) is 0.200. The molecule has 0 atom stereocenters. The van der Waals surface area contributed by atoms with Gasteiger partial charge in [-0.1, -0.05) is 18.2 Å². The number of aromatic nitrogens is 1. The lowest BCUT2D eigenvalue weighted by atomic mass is 10.2. The predicted molar refractivity (Wildman–Crippen MR) is 74.7 cm³/mol. The van der Waals surface area contributed by atoms with Crippen molar-refractivity contribution in [3.63, 3.8) is 0 Å². The first-order chi connectivity index (χ1) is 8.33. The van der Waals surface area contributed by atoms with Gasteiger partial charge < -0.3 is 4.57 Å². The lowest BCUT2D eigenvalue weighted by Gasteiger charge is -2.04. The van der Waals surface area contributed by atoms with Crippen LogP contribution >= 0.6 is 11.3 Å². The standard InChI is InChI=1S/C15H15NS/c1-12-4-5-13-6-8-16(15(13)11-12)9-7-14-3-2-10-17-14/h2-6,8,10-11H,7,9H2,1H3. The Morgan fingerprint density at radius 1 is 1.18 bits per heavy atom. The Hall–Kier alpha value is -1.54. The minimum absolute atomic E-state index is 1.06. The molecule has 0 aliphatic heterocycles. The third kappa shape index (κ3) is 2.13. The van der Waals surface area contributed by atoms with Crippen LogP contribution < -0.4 is 0 Å². The van der Waals surface area contributed by atoms with E-state index in [1.54, 1.807) is 0 Å². The summed E-state index contributed by atoms with van der Waals surface area (Å²) in [5, 5.41) is 3.48. The molecule has 0 fully saturated rings. The maximum atomic E-state index is 2.35. The number of benzene rings is 1. The zero-order valence-corrected chi connectivity index (χ0v) is 10.7. The highest BCUT2D eigenvalue weighted by molar-refractivity contribution is 7.09. The summed E-state index contributed by atoms with van der Waals surface area (Å²) in [5.74, 6) is 0. The van der Waals surface area contributed by atoms with Crippen molar-refractivity contribution in [2.24, 2.45) is 0 Å². The number of fused-ring (bicyclic) bond motifs is 1. The van der Waals surface area contributed by atoms with Gasteiger partial charge in [0.1, 0.15) is 0 Å². The van der Waals surface area contributed by atoms with E-state index >= 15 is 0 Å². The van der Waals surface area contributed by atoms with Crippen molar-refractivity contribution in [2.45, 2.75) is 19.9 Å². The number of nitrogens with zero attached hydrogens (tertiary/aromatic N) is 1. The van der Waals surface area contributed by atoms with Gasteiger partial charge in [-0.15, -0.1) is 11.3 Å². The van der Waals surface area contributed by atoms with Gasteiger partial charge in [-0.3, -0.25) is 0 Å². The third-order valence-corrected chi connectivity index (χ3v) is 4.04. The molecule has 0 aliphatic carbocycles. The maximum absolute atomic E-state index is 2.35. The summed E-state index contributed by atoms with van der Waals surface area (Å²) >= 11 is 1.84. The summed E-state index contributed by atoms with van der Waals surface area (Å²) in [6, 6.07) is 13.2. The highest BCUT2D eigenvalue weighted by Crippen LogP contribution is 2.18. The van der Waals surface area contributed by atoms with Crippen molar-refractivity contribution in [1.82, 2.24) is 4.57 Å². The highest BCUT2D eigenvalue weighted by Gasteiger charge is 2.01. The monoisotopic (exact) mass is 241 g/mol. The van der Waals surface area contributed by atoms with E-state index in [9.17, 15) is 0 Å². The van der Waals surface area contributed by atoms with Gasteiger partial charge in [-0.05, 0) is 47.9 Å². The molecule has 0 radical (unpaired) electrons.